The van der Waals surface area contributed by atoms with Crippen LogP contribution in [-0.4, -0.2) is 21.2 Å². The molecule has 0 aliphatic rings. The zero-order valence-corrected chi connectivity index (χ0v) is 14.6. The summed E-state index contributed by atoms with van der Waals surface area (Å²) >= 11 is 0. The van der Waals surface area contributed by atoms with Crippen LogP contribution in [0, 0.1) is 5.92 Å². The Bertz CT molecular complexity index is 380. The van der Waals surface area contributed by atoms with Gasteiger partial charge in [-0.25, -0.2) is 8.93 Å². The minimum absolute atomic E-state index is 0.0544. The van der Waals surface area contributed by atoms with Crippen LogP contribution in [0.1, 0.15) is 54.4 Å². The highest BCUT2D eigenvalue weighted by Gasteiger charge is 2.24. The Morgan fingerprint density at radius 3 is 2.50 bits per heavy atom. The molecule has 0 aromatic heterocycles. The number of nitrogens with one attached hydrogen (secondary N) is 1. The molecular formula is C16H30N2OS. The zero-order chi connectivity index (χ0) is 15.8. The summed E-state index contributed by atoms with van der Waals surface area (Å²) in [5, 5.41) is 0. The lowest BCUT2D eigenvalue weighted by Crippen LogP contribution is -2.42. The Hall–Kier alpha value is -0.740. The third-order valence-electron chi connectivity index (χ3n) is 2.99. The first-order valence-electron chi connectivity index (χ1n) is 7.18. The average molecular weight is 298 g/mol. The van der Waals surface area contributed by atoms with E-state index >= 15 is 0 Å². The van der Waals surface area contributed by atoms with E-state index < -0.39 is 11.0 Å². The normalized spacial score (nSPS) is 18.0. The molecule has 3 atom stereocenters. The van der Waals surface area contributed by atoms with Crippen molar-refractivity contribution in [3.05, 3.63) is 24.4 Å². The van der Waals surface area contributed by atoms with Crippen molar-refractivity contribution in [2.45, 2.75) is 65.2 Å². The van der Waals surface area contributed by atoms with Crippen LogP contribution in [0.2, 0.25) is 0 Å². The summed E-state index contributed by atoms with van der Waals surface area (Å²) in [4.78, 5) is 4.27. The highest BCUT2D eigenvalue weighted by molar-refractivity contribution is 7.84. The second-order valence-electron chi connectivity index (χ2n) is 6.06. The molecule has 0 rings (SSSR count). The van der Waals surface area contributed by atoms with Gasteiger partial charge < -0.3 is 0 Å². The number of rotatable bonds is 8. The molecule has 0 bridgehead atoms. The third-order valence-corrected chi connectivity index (χ3v) is 4.59. The van der Waals surface area contributed by atoms with Crippen LogP contribution < -0.4 is 4.72 Å². The molecule has 0 aliphatic heterocycles. The van der Waals surface area contributed by atoms with E-state index in [-0.39, 0.29) is 10.8 Å². The van der Waals surface area contributed by atoms with E-state index in [1.165, 1.54) is 0 Å². The molecule has 3 unspecified atom stereocenters. The van der Waals surface area contributed by atoms with Crippen LogP contribution in [-0.2, 0) is 11.0 Å². The molecule has 20 heavy (non-hydrogen) atoms. The zero-order valence-electron chi connectivity index (χ0n) is 13.8. The van der Waals surface area contributed by atoms with Crippen LogP contribution in [0.5, 0.6) is 0 Å². The summed E-state index contributed by atoms with van der Waals surface area (Å²) in [6.07, 6.45) is 7.75. The van der Waals surface area contributed by atoms with Gasteiger partial charge in [0.1, 0.15) is 0 Å². The van der Waals surface area contributed by atoms with Crippen LogP contribution in [0.15, 0.2) is 29.4 Å². The first-order valence-corrected chi connectivity index (χ1v) is 8.33. The van der Waals surface area contributed by atoms with E-state index in [0.29, 0.717) is 5.92 Å². The van der Waals surface area contributed by atoms with E-state index in [0.717, 1.165) is 18.5 Å². The van der Waals surface area contributed by atoms with Gasteiger partial charge in [-0.2, -0.15) is 0 Å². The van der Waals surface area contributed by atoms with E-state index in [2.05, 4.69) is 29.3 Å². The summed E-state index contributed by atoms with van der Waals surface area (Å²) in [6, 6.07) is 0.0544. The highest BCUT2D eigenvalue weighted by atomic mass is 32.2. The molecule has 0 amide bonds. The lowest BCUT2D eigenvalue weighted by Gasteiger charge is -2.26. The van der Waals surface area contributed by atoms with Gasteiger partial charge in [0.25, 0.3) is 0 Å². The first-order chi connectivity index (χ1) is 9.22. The van der Waals surface area contributed by atoms with E-state index in [1.54, 1.807) is 6.21 Å². The Balaban J connectivity index is 5.01. The maximum atomic E-state index is 12.3. The molecule has 0 heterocycles. The topological polar surface area (TPSA) is 41.5 Å². The summed E-state index contributed by atoms with van der Waals surface area (Å²) in [7, 11) is -1.09. The van der Waals surface area contributed by atoms with Crippen molar-refractivity contribution in [1.29, 1.82) is 0 Å². The van der Waals surface area contributed by atoms with Crippen LogP contribution >= 0.6 is 0 Å². The molecule has 0 aliphatic carbocycles. The summed E-state index contributed by atoms with van der Waals surface area (Å²) in [6.45, 7) is 15.7. The average Bonchev–Trinajstić information content (AvgIpc) is 2.34. The van der Waals surface area contributed by atoms with E-state index in [1.807, 2.05) is 40.7 Å². The second kappa shape index (κ2) is 9.24. The molecule has 0 saturated heterocycles. The lowest BCUT2D eigenvalue weighted by molar-refractivity contribution is 0.456. The summed E-state index contributed by atoms with van der Waals surface area (Å²) < 4.78 is 15.3. The number of aliphatic imine (C=N–C) groups is 1. The summed E-state index contributed by atoms with van der Waals surface area (Å²) in [5.74, 6) is 0.376. The van der Waals surface area contributed by atoms with E-state index in [9.17, 15) is 4.21 Å². The Kier molecular flexibility index (Phi) is 8.90. The fourth-order valence-electron chi connectivity index (χ4n) is 1.68. The molecule has 1 N–H and O–H groups in total. The maximum absolute atomic E-state index is 12.3. The molecular weight excluding hydrogens is 268 g/mol. The molecule has 4 heteroatoms. The quantitative estimate of drug-likeness (QED) is 0.534. The second-order valence-corrected chi connectivity index (χ2v) is 8.06. The molecule has 3 nitrogen and oxygen atoms in total. The molecule has 0 aromatic rings. The van der Waals surface area contributed by atoms with Gasteiger partial charge in [-0.1, -0.05) is 13.0 Å². The monoisotopic (exact) mass is 298 g/mol. The number of hydrogen-bond acceptors (Lipinski definition) is 2. The fourth-order valence-corrected chi connectivity index (χ4v) is 2.58. The molecule has 0 aromatic carbocycles. The number of allylic oxidation sites excluding steroid dienone is 2. The standard InChI is InChI=1S/C16H30N2OS/c1-8-10-11-13(3)15(12-14(4)17-9-2)18-20(19)16(5,6)7/h8-9,12-13,15,18H,1,10-11H2,2-7H3/b14-12+,17-9?. The predicted molar refractivity (Wildman–Crippen MR) is 91.3 cm³/mol. The highest BCUT2D eigenvalue weighted by Crippen LogP contribution is 2.18. The van der Waals surface area contributed by atoms with Gasteiger partial charge >= 0.3 is 0 Å². The van der Waals surface area contributed by atoms with Crippen molar-refractivity contribution < 1.29 is 4.21 Å². The molecule has 0 radical (unpaired) electrons. The maximum Gasteiger partial charge on any atom is 0.0975 e. The molecule has 0 spiro atoms. The van der Waals surface area contributed by atoms with Crippen molar-refractivity contribution in [2.75, 3.05) is 0 Å². The van der Waals surface area contributed by atoms with Crippen LogP contribution in [0.25, 0.3) is 0 Å². The Morgan fingerprint density at radius 2 is 2.05 bits per heavy atom. The van der Waals surface area contributed by atoms with Gasteiger partial charge in [0.2, 0.25) is 0 Å². The summed E-state index contributed by atoms with van der Waals surface area (Å²) in [5.41, 5.74) is 0.946. The molecule has 0 saturated carbocycles. The van der Waals surface area contributed by atoms with Gasteiger partial charge in [0, 0.05) is 18.0 Å². The molecule has 0 fully saturated rings. The Labute approximate surface area is 127 Å². The van der Waals surface area contributed by atoms with Crippen molar-refractivity contribution in [3.63, 3.8) is 0 Å². The van der Waals surface area contributed by atoms with Crippen molar-refractivity contribution in [3.8, 4) is 0 Å². The minimum atomic E-state index is -1.09. The van der Waals surface area contributed by atoms with Gasteiger partial charge in [-0.15, -0.1) is 6.58 Å². The van der Waals surface area contributed by atoms with Crippen molar-refractivity contribution in [2.24, 2.45) is 10.9 Å². The van der Waals surface area contributed by atoms with Crippen molar-refractivity contribution >= 4 is 17.2 Å². The van der Waals surface area contributed by atoms with Crippen LogP contribution in [0.4, 0.5) is 0 Å². The fraction of sp³-hybridized carbons (Fsp3) is 0.688. The smallest absolute Gasteiger partial charge is 0.0975 e. The van der Waals surface area contributed by atoms with Gasteiger partial charge in [-0.3, -0.25) is 4.99 Å². The van der Waals surface area contributed by atoms with Crippen LogP contribution in [0.3, 0.4) is 0 Å². The predicted octanol–water partition coefficient (Wildman–Crippen LogP) is 4.00. The van der Waals surface area contributed by atoms with Crippen molar-refractivity contribution in [1.82, 2.24) is 4.72 Å². The van der Waals surface area contributed by atoms with Gasteiger partial charge in [-0.05, 0) is 59.5 Å². The Morgan fingerprint density at radius 1 is 1.45 bits per heavy atom. The SMILES string of the molecule is C=CCCC(C)C(/C=C(\C)N=CC)NS(=O)C(C)(C)C. The van der Waals surface area contributed by atoms with Gasteiger partial charge in [0.05, 0.1) is 15.7 Å². The number of nitrogens with zero attached hydrogens (tertiary/aromatic N) is 1. The lowest BCUT2D eigenvalue weighted by atomic mass is 9.96. The van der Waals surface area contributed by atoms with E-state index in [4.69, 9.17) is 0 Å². The minimum Gasteiger partial charge on any atom is -0.267 e. The molecule has 116 valence electrons. The largest absolute Gasteiger partial charge is 0.267 e. The van der Waals surface area contributed by atoms with Gasteiger partial charge in [0.15, 0.2) is 0 Å². The first kappa shape index (κ1) is 19.3. The third kappa shape index (κ3) is 7.75. The number of hydrogen-bond donors (Lipinski definition) is 1.